The highest BCUT2D eigenvalue weighted by Crippen LogP contribution is 2.01. The first kappa shape index (κ1) is 14.6. The zero-order valence-electron chi connectivity index (χ0n) is 11.6. The van der Waals surface area contributed by atoms with Crippen LogP contribution in [0.15, 0.2) is 40.3 Å². The lowest BCUT2D eigenvalue weighted by molar-refractivity contribution is 0.807. The van der Waals surface area contributed by atoms with E-state index in [-0.39, 0.29) is 0 Å². The molecule has 0 fully saturated rings. The Morgan fingerprint density at radius 2 is 1.67 bits per heavy atom. The molecule has 0 radical (unpaired) electrons. The molecule has 18 heavy (non-hydrogen) atoms. The first-order chi connectivity index (χ1) is 8.88. The van der Waals surface area contributed by atoms with Crippen molar-refractivity contribution < 1.29 is 0 Å². The maximum absolute atomic E-state index is 4.65. The Hall–Kier alpha value is -1.44. The average molecular weight is 244 g/mol. The third-order valence-corrected chi connectivity index (χ3v) is 2.72. The first-order valence-electron chi connectivity index (χ1n) is 6.98. The van der Waals surface area contributed by atoms with Gasteiger partial charge in [-0.25, -0.2) is 0 Å². The predicted molar refractivity (Wildman–Crippen MR) is 81.0 cm³/mol. The van der Waals surface area contributed by atoms with E-state index in [1.54, 1.807) is 0 Å². The summed E-state index contributed by atoms with van der Waals surface area (Å²) in [5.41, 5.74) is 2.18. The molecular formula is C16H24N2. The molecule has 0 heterocycles. The minimum Gasteiger partial charge on any atom is -0.291 e. The minimum atomic E-state index is 0.889. The molecule has 0 N–H and O–H groups in total. The summed E-state index contributed by atoms with van der Waals surface area (Å²) in [5, 5.41) is 0. The van der Waals surface area contributed by atoms with E-state index in [1.165, 1.54) is 12.8 Å². The molecular weight excluding hydrogens is 220 g/mol. The molecule has 1 aromatic rings. The van der Waals surface area contributed by atoms with Crippen molar-refractivity contribution in [2.45, 2.75) is 39.5 Å². The van der Waals surface area contributed by atoms with Crippen LogP contribution in [-0.2, 0) is 0 Å². The Morgan fingerprint density at radius 3 is 2.33 bits per heavy atom. The van der Waals surface area contributed by atoms with Gasteiger partial charge in [-0.15, -0.1) is 0 Å². The average Bonchev–Trinajstić information content (AvgIpc) is 2.42. The second kappa shape index (κ2) is 9.58. The fraction of sp³-hybridized carbons (Fsp3) is 0.500. The largest absolute Gasteiger partial charge is 0.291 e. The van der Waals surface area contributed by atoms with E-state index in [1.807, 2.05) is 24.4 Å². The number of nitrogens with zero attached hydrogens (tertiary/aromatic N) is 2. The molecule has 0 aromatic heterocycles. The van der Waals surface area contributed by atoms with Crippen LogP contribution in [0, 0.1) is 0 Å². The number of rotatable bonds is 8. The van der Waals surface area contributed by atoms with Crippen molar-refractivity contribution in [3.05, 3.63) is 35.9 Å². The van der Waals surface area contributed by atoms with Gasteiger partial charge in [-0.05, 0) is 12.8 Å². The van der Waals surface area contributed by atoms with Gasteiger partial charge in [0.05, 0.1) is 5.71 Å². The molecule has 98 valence electrons. The molecule has 0 atom stereocenters. The Labute approximate surface area is 111 Å². The molecule has 0 spiro atoms. The summed E-state index contributed by atoms with van der Waals surface area (Å²) in [5.74, 6) is 0. The van der Waals surface area contributed by atoms with Gasteiger partial charge in [-0.1, -0.05) is 57.0 Å². The predicted octanol–water partition coefficient (Wildman–Crippen LogP) is 4.15. The Bertz CT molecular complexity index is 366. The SMILES string of the molecule is CCCC/N=C/C(=N/CCCC)c1ccccc1. The number of benzene rings is 1. The highest BCUT2D eigenvalue weighted by Gasteiger charge is 1.98. The molecule has 1 rings (SSSR count). The molecule has 0 aliphatic rings. The Kier molecular flexibility index (Phi) is 7.78. The maximum Gasteiger partial charge on any atom is 0.0824 e. The number of hydrogen-bond donors (Lipinski definition) is 0. The van der Waals surface area contributed by atoms with Crippen LogP contribution in [0.5, 0.6) is 0 Å². The minimum absolute atomic E-state index is 0.889. The van der Waals surface area contributed by atoms with Crippen molar-refractivity contribution in [1.29, 1.82) is 0 Å². The van der Waals surface area contributed by atoms with Gasteiger partial charge in [0.2, 0.25) is 0 Å². The Morgan fingerprint density at radius 1 is 1.00 bits per heavy atom. The fourth-order valence-corrected chi connectivity index (χ4v) is 1.57. The van der Waals surface area contributed by atoms with Crippen LogP contribution in [0.4, 0.5) is 0 Å². The van der Waals surface area contributed by atoms with E-state index in [0.29, 0.717) is 0 Å². The quantitative estimate of drug-likeness (QED) is 0.485. The van der Waals surface area contributed by atoms with Gasteiger partial charge in [-0.3, -0.25) is 9.98 Å². The summed E-state index contributed by atoms with van der Waals surface area (Å²) in [6.07, 6.45) is 6.58. The van der Waals surface area contributed by atoms with Gasteiger partial charge < -0.3 is 0 Å². The zero-order chi connectivity index (χ0) is 13.1. The topological polar surface area (TPSA) is 24.7 Å². The van der Waals surface area contributed by atoms with Crippen molar-refractivity contribution in [3.8, 4) is 0 Å². The molecule has 0 bridgehead atoms. The van der Waals surface area contributed by atoms with Crippen molar-refractivity contribution >= 4 is 11.9 Å². The summed E-state index contributed by atoms with van der Waals surface area (Å²) in [6.45, 7) is 6.16. The first-order valence-corrected chi connectivity index (χ1v) is 6.98. The second-order valence-corrected chi connectivity index (χ2v) is 4.38. The van der Waals surface area contributed by atoms with Crippen LogP contribution in [0.3, 0.4) is 0 Å². The Balaban J connectivity index is 2.69. The summed E-state index contributed by atoms with van der Waals surface area (Å²) in [4.78, 5) is 9.11. The third kappa shape index (κ3) is 5.76. The van der Waals surface area contributed by atoms with Gasteiger partial charge in [0, 0.05) is 24.9 Å². The standard InChI is InChI=1S/C16H24N2/c1-3-5-12-17-14-16(18-13-6-4-2)15-10-8-7-9-11-15/h7-11,14H,3-6,12-13H2,1-2H3/b17-14+,18-16-. The zero-order valence-corrected chi connectivity index (χ0v) is 11.6. The third-order valence-electron chi connectivity index (χ3n) is 2.72. The smallest absolute Gasteiger partial charge is 0.0824 e. The van der Waals surface area contributed by atoms with E-state index < -0.39 is 0 Å². The lowest BCUT2D eigenvalue weighted by atomic mass is 10.1. The van der Waals surface area contributed by atoms with E-state index >= 15 is 0 Å². The number of unbranched alkanes of at least 4 members (excludes halogenated alkanes) is 2. The second-order valence-electron chi connectivity index (χ2n) is 4.38. The van der Waals surface area contributed by atoms with E-state index in [0.717, 1.165) is 37.2 Å². The summed E-state index contributed by atoms with van der Waals surface area (Å²) >= 11 is 0. The van der Waals surface area contributed by atoms with Crippen LogP contribution in [-0.4, -0.2) is 25.0 Å². The summed E-state index contributed by atoms with van der Waals surface area (Å²) in [6, 6.07) is 10.3. The van der Waals surface area contributed by atoms with E-state index in [9.17, 15) is 0 Å². The van der Waals surface area contributed by atoms with Gasteiger partial charge in [0.15, 0.2) is 0 Å². The van der Waals surface area contributed by atoms with Crippen LogP contribution in [0.1, 0.15) is 45.1 Å². The van der Waals surface area contributed by atoms with Gasteiger partial charge in [0.25, 0.3) is 0 Å². The fourth-order valence-electron chi connectivity index (χ4n) is 1.57. The molecule has 0 amide bonds. The van der Waals surface area contributed by atoms with Gasteiger partial charge in [0.1, 0.15) is 0 Å². The van der Waals surface area contributed by atoms with Crippen molar-refractivity contribution in [1.82, 2.24) is 0 Å². The lowest BCUT2D eigenvalue weighted by Gasteiger charge is -2.01. The normalized spacial score (nSPS) is 12.2. The van der Waals surface area contributed by atoms with Crippen LogP contribution < -0.4 is 0 Å². The molecule has 0 saturated heterocycles. The van der Waals surface area contributed by atoms with Gasteiger partial charge >= 0.3 is 0 Å². The van der Waals surface area contributed by atoms with Crippen LogP contribution in [0.25, 0.3) is 0 Å². The number of aliphatic imine (C=N–C) groups is 2. The monoisotopic (exact) mass is 244 g/mol. The summed E-state index contributed by atoms with van der Waals surface area (Å²) in [7, 11) is 0. The van der Waals surface area contributed by atoms with Crippen molar-refractivity contribution in [2.24, 2.45) is 9.98 Å². The summed E-state index contributed by atoms with van der Waals surface area (Å²) < 4.78 is 0. The van der Waals surface area contributed by atoms with E-state index in [4.69, 9.17) is 0 Å². The van der Waals surface area contributed by atoms with Crippen LogP contribution in [0.2, 0.25) is 0 Å². The lowest BCUT2D eigenvalue weighted by Crippen LogP contribution is -2.04. The molecule has 2 heteroatoms. The molecule has 0 aliphatic carbocycles. The van der Waals surface area contributed by atoms with Crippen molar-refractivity contribution in [2.75, 3.05) is 13.1 Å². The highest BCUT2D eigenvalue weighted by molar-refractivity contribution is 6.38. The maximum atomic E-state index is 4.65. The molecule has 2 nitrogen and oxygen atoms in total. The highest BCUT2D eigenvalue weighted by atomic mass is 14.8. The molecule has 0 aliphatic heterocycles. The van der Waals surface area contributed by atoms with Crippen LogP contribution >= 0.6 is 0 Å². The van der Waals surface area contributed by atoms with Gasteiger partial charge in [-0.2, -0.15) is 0 Å². The molecule has 0 saturated carbocycles. The van der Waals surface area contributed by atoms with Crippen molar-refractivity contribution in [3.63, 3.8) is 0 Å². The number of hydrogen-bond acceptors (Lipinski definition) is 2. The van der Waals surface area contributed by atoms with E-state index in [2.05, 4.69) is 36.0 Å². The molecule has 0 unspecified atom stereocenters. The molecule has 1 aromatic carbocycles.